The number of rotatable bonds is 6. The van der Waals surface area contributed by atoms with Crippen LogP contribution < -0.4 is 9.62 Å². The highest BCUT2D eigenvalue weighted by Gasteiger charge is 2.56. The Hall–Kier alpha value is -1.43. The zero-order chi connectivity index (χ0) is 22.6. The van der Waals surface area contributed by atoms with Crippen molar-refractivity contribution in [3.63, 3.8) is 0 Å². The number of pyridine rings is 1. The molecular formula is C20H29F3N4O3S. The van der Waals surface area contributed by atoms with E-state index in [1.54, 1.807) is 4.90 Å². The van der Waals surface area contributed by atoms with E-state index >= 15 is 0 Å². The quantitative estimate of drug-likeness (QED) is 0.700. The SMILES string of the molecule is CCN1CCN(c2ccc(S(=O)(=O)NCC34CC(C3)C(C)O4)c(C(F)(F)F)n2)CC1C. The fraction of sp³-hybridized carbons (Fsp3) is 0.750. The van der Waals surface area contributed by atoms with Crippen molar-refractivity contribution in [1.82, 2.24) is 14.6 Å². The zero-order valence-electron chi connectivity index (χ0n) is 17.9. The van der Waals surface area contributed by atoms with Gasteiger partial charge in [0.1, 0.15) is 10.7 Å². The van der Waals surface area contributed by atoms with Crippen LogP contribution >= 0.6 is 0 Å². The van der Waals surface area contributed by atoms with Crippen molar-refractivity contribution >= 4 is 15.8 Å². The molecule has 174 valence electrons. The number of anilines is 1. The van der Waals surface area contributed by atoms with Gasteiger partial charge < -0.3 is 9.64 Å². The molecular weight excluding hydrogens is 433 g/mol. The smallest absolute Gasteiger partial charge is 0.370 e. The highest BCUT2D eigenvalue weighted by Crippen LogP contribution is 2.52. The summed E-state index contributed by atoms with van der Waals surface area (Å²) in [5.41, 5.74) is -1.98. The second-order valence-corrected chi connectivity index (χ2v) is 10.7. The van der Waals surface area contributed by atoms with E-state index in [9.17, 15) is 21.6 Å². The molecule has 2 unspecified atom stereocenters. The maximum absolute atomic E-state index is 13.8. The number of likely N-dealkylation sites (N-methyl/N-ethyl adjacent to an activating group) is 1. The Bertz CT molecular complexity index is 934. The minimum atomic E-state index is -4.89. The predicted molar refractivity (Wildman–Crippen MR) is 109 cm³/mol. The Morgan fingerprint density at radius 1 is 1.26 bits per heavy atom. The van der Waals surface area contributed by atoms with Gasteiger partial charge in [0.05, 0.1) is 11.7 Å². The minimum Gasteiger partial charge on any atom is -0.370 e. The number of alkyl halides is 3. The van der Waals surface area contributed by atoms with Gasteiger partial charge in [-0.25, -0.2) is 18.1 Å². The molecule has 0 amide bonds. The number of sulfonamides is 1. The van der Waals surface area contributed by atoms with E-state index in [-0.39, 0.29) is 24.5 Å². The molecule has 4 aliphatic rings. The average Bonchev–Trinajstić information content (AvgIpc) is 3.17. The number of fused-ring (bicyclic) bond motifs is 1. The molecule has 0 aromatic carbocycles. The van der Waals surface area contributed by atoms with E-state index in [0.717, 1.165) is 25.5 Å². The number of aromatic nitrogens is 1. The molecule has 0 spiro atoms. The minimum absolute atomic E-state index is 0.0360. The summed E-state index contributed by atoms with van der Waals surface area (Å²) < 4.78 is 75.1. The van der Waals surface area contributed by atoms with Gasteiger partial charge >= 0.3 is 6.18 Å². The normalized spacial score (nSPS) is 31.7. The Morgan fingerprint density at radius 2 is 1.97 bits per heavy atom. The van der Waals surface area contributed by atoms with E-state index in [2.05, 4.69) is 14.6 Å². The highest BCUT2D eigenvalue weighted by molar-refractivity contribution is 7.89. The Morgan fingerprint density at radius 3 is 2.52 bits per heavy atom. The average molecular weight is 463 g/mol. The monoisotopic (exact) mass is 462 g/mol. The summed E-state index contributed by atoms with van der Waals surface area (Å²) in [6.45, 7) is 8.59. The van der Waals surface area contributed by atoms with Crippen molar-refractivity contribution in [3.05, 3.63) is 17.8 Å². The van der Waals surface area contributed by atoms with Crippen LogP contribution in [0.15, 0.2) is 17.0 Å². The number of piperazine rings is 1. The number of ether oxygens (including phenoxy) is 1. The number of nitrogens with one attached hydrogen (secondary N) is 1. The van der Waals surface area contributed by atoms with Gasteiger partial charge in [-0.2, -0.15) is 13.2 Å². The molecule has 1 saturated carbocycles. The Balaban J connectivity index is 1.56. The maximum atomic E-state index is 13.8. The van der Waals surface area contributed by atoms with E-state index in [1.165, 1.54) is 6.07 Å². The van der Waals surface area contributed by atoms with E-state index in [0.29, 0.717) is 25.6 Å². The summed E-state index contributed by atoms with van der Waals surface area (Å²) >= 11 is 0. The van der Waals surface area contributed by atoms with Crippen molar-refractivity contribution in [2.24, 2.45) is 5.92 Å². The van der Waals surface area contributed by atoms with Crippen LogP contribution in [-0.4, -0.2) is 68.8 Å². The predicted octanol–water partition coefficient (Wildman–Crippen LogP) is 2.48. The first-order chi connectivity index (χ1) is 14.4. The fourth-order valence-corrected chi connectivity index (χ4v) is 6.28. The summed E-state index contributed by atoms with van der Waals surface area (Å²) in [6, 6.07) is 2.55. The lowest BCUT2D eigenvalue weighted by atomic mass is 9.73. The van der Waals surface area contributed by atoms with Crippen LogP contribution in [0.1, 0.15) is 39.3 Å². The molecule has 1 N–H and O–H groups in total. The standard InChI is InChI=1S/C20H29F3N4O3S/c1-4-26-7-8-27(11-13(26)2)17-6-5-16(18(25-17)20(21,22)23)31(28,29)24-12-19-9-15(10-19)14(3)30-19/h5-6,13-15,24H,4,7-12H2,1-3H3. The molecule has 3 saturated heterocycles. The summed E-state index contributed by atoms with van der Waals surface area (Å²) in [5.74, 6) is 0.536. The fourth-order valence-electron chi connectivity index (χ4n) is 5.01. The van der Waals surface area contributed by atoms with Gasteiger partial charge in [-0.05, 0) is 51.3 Å². The molecule has 7 nitrogen and oxygen atoms in total. The Labute approximate surface area is 181 Å². The Kier molecular flexibility index (Phi) is 5.77. The molecule has 11 heteroatoms. The van der Waals surface area contributed by atoms with E-state index in [4.69, 9.17) is 4.74 Å². The second kappa shape index (κ2) is 7.86. The van der Waals surface area contributed by atoms with Crippen LogP contribution in [-0.2, 0) is 20.9 Å². The number of hydrogen-bond donors (Lipinski definition) is 1. The zero-order valence-corrected chi connectivity index (χ0v) is 18.8. The topological polar surface area (TPSA) is 74.8 Å². The van der Waals surface area contributed by atoms with Crippen LogP contribution in [0.2, 0.25) is 0 Å². The number of halogens is 3. The highest BCUT2D eigenvalue weighted by atomic mass is 32.2. The van der Waals surface area contributed by atoms with Crippen molar-refractivity contribution in [1.29, 1.82) is 0 Å². The molecule has 0 radical (unpaired) electrons. The molecule has 1 aromatic rings. The molecule has 1 aliphatic carbocycles. The van der Waals surface area contributed by atoms with E-state index in [1.807, 2.05) is 20.8 Å². The molecule has 1 aromatic heterocycles. The lowest BCUT2D eigenvalue weighted by molar-refractivity contribution is -0.143. The molecule has 4 fully saturated rings. The molecule has 31 heavy (non-hydrogen) atoms. The number of nitrogens with zero attached hydrogens (tertiary/aromatic N) is 3. The van der Waals surface area contributed by atoms with Crippen LogP contribution in [0.5, 0.6) is 0 Å². The summed E-state index contributed by atoms with van der Waals surface area (Å²) in [6.07, 6.45) is -3.40. The third-order valence-corrected chi connectivity index (χ3v) is 8.28. The summed E-state index contributed by atoms with van der Waals surface area (Å²) in [7, 11) is -4.40. The van der Waals surface area contributed by atoms with Crippen molar-refractivity contribution in [3.8, 4) is 0 Å². The maximum Gasteiger partial charge on any atom is 0.434 e. The first kappa shape index (κ1) is 22.8. The third-order valence-electron chi connectivity index (χ3n) is 6.85. The molecule has 4 heterocycles. The molecule has 3 aliphatic heterocycles. The van der Waals surface area contributed by atoms with Gasteiger partial charge in [-0.3, -0.25) is 4.90 Å². The van der Waals surface area contributed by atoms with Gasteiger partial charge in [-0.1, -0.05) is 6.92 Å². The van der Waals surface area contributed by atoms with Crippen LogP contribution in [0, 0.1) is 5.92 Å². The third kappa shape index (κ3) is 4.29. The molecule has 5 rings (SSSR count). The van der Waals surface area contributed by atoms with Crippen molar-refractivity contribution in [2.75, 3.05) is 37.6 Å². The van der Waals surface area contributed by atoms with E-state index < -0.39 is 32.4 Å². The van der Waals surface area contributed by atoms with Gasteiger partial charge in [0, 0.05) is 32.2 Å². The first-order valence-electron chi connectivity index (χ1n) is 10.7. The molecule has 2 atom stereocenters. The van der Waals surface area contributed by atoms with Crippen molar-refractivity contribution < 1.29 is 26.3 Å². The number of hydrogen-bond acceptors (Lipinski definition) is 6. The summed E-state index contributed by atoms with van der Waals surface area (Å²) in [5, 5.41) is 0. The lowest BCUT2D eigenvalue weighted by Crippen LogP contribution is -2.52. The lowest BCUT2D eigenvalue weighted by Gasteiger charge is -2.40. The van der Waals surface area contributed by atoms with Crippen LogP contribution in [0.4, 0.5) is 19.0 Å². The van der Waals surface area contributed by atoms with Crippen LogP contribution in [0.3, 0.4) is 0 Å². The second-order valence-electron chi connectivity index (χ2n) is 8.94. The van der Waals surface area contributed by atoms with Crippen LogP contribution in [0.25, 0.3) is 0 Å². The molecule has 2 bridgehead atoms. The van der Waals surface area contributed by atoms with Gasteiger partial charge in [0.15, 0.2) is 5.69 Å². The largest absolute Gasteiger partial charge is 0.434 e. The summed E-state index contributed by atoms with van der Waals surface area (Å²) in [4.78, 5) is 6.94. The van der Waals surface area contributed by atoms with Crippen molar-refractivity contribution in [2.45, 2.75) is 62.4 Å². The van der Waals surface area contributed by atoms with Gasteiger partial charge in [0.25, 0.3) is 0 Å². The van der Waals surface area contributed by atoms with Gasteiger partial charge in [0.2, 0.25) is 10.0 Å². The van der Waals surface area contributed by atoms with Gasteiger partial charge in [-0.15, -0.1) is 0 Å². The first-order valence-corrected chi connectivity index (χ1v) is 12.2.